The molecule has 3 heteroatoms. The Morgan fingerprint density at radius 2 is 1.89 bits per heavy atom. The number of phenolic OH excluding ortho intramolecular Hbond substituents is 1. The maximum Gasteiger partial charge on any atom is 0.227 e. The molecular formula is C15H17NO2. The molecule has 0 fully saturated rings. The van der Waals surface area contributed by atoms with Crippen molar-refractivity contribution in [2.45, 2.75) is 20.3 Å². The van der Waals surface area contributed by atoms with Crippen LogP contribution < -0.4 is 5.32 Å². The molecule has 0 aromatic heterocycles. The SMILES string of the molecule is CCC(C)C(=O)Nc1ccc(O)c2ccccc12. The minimum atomic E-state index is -0.0161. The van der Waals surface area contributed by atoms with Gasteiger partial charge in [-0.15, -0.1) is 0 Å². The quantitative estimate of drug-likeness (QED) is 0.810. The largest absolute Gasteiger partial charge is 0.507 e. The van der Waals surface area contributed by atoms with Gasteiger partial charge in [0.2, 0.25) is 5.91 Å². The number of phenols is 1. The number of fused-ring (bicyclic) bond motifs is 1. The van der Waals surface area contributed by atoms with Gasteiger partial charge in [-0.25, -0.2) is 0 Å². The first-order chi connectivity index (χ1) is 8.63. The average molecular weight is 243 g/mol. The lowest BCUT2D eigenvalue weighted by molar-refractivity contribution is -0.119. The number of amides is 1. The van der Waals surface area contributed by atoms with Crippen LogP contribution in [0.15, 0.2) is 36.4 Å². The molecule has 0 bridgehead atoms. The Kier molecular flexibility index (Phi) is 3.51. The minimum Gasteiger partial charge on any atom is -0.507 e. The average Bonchev–Trinajstić information content (AvgIpc) is 2.41. The van der Waals surface area contributed by atoms with Crippen molar-refractivity contribution in [3.8, 4) is 5.75 Å². The fourth-order valence-electron chi connectivity index (χ4n) is 1.83. The van der Waals surface area contributed by atoms with Gasteiger partial charge in [-0.2, -0.15) is 0 Å². The van der Waals surface area contributed by atoms with Crippen LogP contribution >= 0.6 is 0 Å². The number of aromatic hydroxyl groups is 1. The van der Waals surface area contributed by atoms with Crippen molar-refractivity contribution in [1.29, 1.82) is 0 Å². The van der Waals surface area contributed by atoms with Crippen molar-refractivity contribution in [2.24, 2.45) is 5.92 Å². The first kappa shape index (κ1) is 12.4. The molecule has 0 saturated carbocycles. The number of hydrogen-bond donors (Lipinski definition) is 2. The molecule has 0 spiro atoms. The van der Waals surface area contributed by atoms with E-state index < -0.39 is 0 Å². The van der Waals surface area contributed by atoms with Crippen molar-refractivity contribution in [3.05, 3.63) is 36.4 Å². The van der Waals surface area contributed by atoms with Crippen LogP contribution in [0.5, 0.6) is 5.75 Å². The zero-order valence-electron chi connectivity index (χ0n) is 10.6. The van der Waals surface area contributed by atoms with Crippen LogP contribution in [-0.4, -0.2) is 11.0 Å². The summed E-state index contributed by atoms with van der Waals surface area (Å²) in [5, 5.41) is 14.3. The van der Waals surface area contributed by atoms with Crippen molar-refractivity contribution in [3.63, 3.8) is 0 Å². The number of benzene rings is 2. The van der Waals surface area contributed by atoms with Gasteiger partial charge in [-0.3, -0.25) is 4.79 Å². The molecule has 1 unspecified atom stereocenters. The van der Waals surface area contributed by atoms with E-state index in [1.54, 1.807) is 12.1 Å². The Bertz CT molecular complexity index is 578. The molecule has 1 amide bonds. The molecule has 2 aromatic rings. The molecule has 18 heavy (non-hydrogen) atoms. The molecule has 1 atom stereocenters. The fourth-order valence-corrected chi connectivity index (χ4v) is 1.83. The zero-order chi connectivity index (χ0) is 13.1. The molecule has 3 nitrogen and oxygen atoms in total. The molecular weight excluding hydrogens is 226 g/mol. The van der Waals surface area contributed by atoms with E-state index in [4.69, 9.17) is 0 Å². The van der Waals surface area contributed by atoms with E-state index in [2.05, 4.69) is 5.32 Å². The second-order valence-corrected chi connectivity index (χ2v) is 4.48. The lowest BCUT2D eigenvalue weighted by Gasteiger charge is -2.12. The third-order valence-corrected chi connectivity index (χ3v) is 3.22. The van der Waals surface area contributed by atoms with Crippen LogP contribution in [0, 0.1) is 5.92 Å². The smallest absolute Gasteiger partial charge is 0.227 e. The van der Waals surface area contributed by atoms with Gasteiger partial charge >= 0.3 is 0 Å². The normalized spacial score (nSPS) is 12.3. The highest BCUT2D eigenvalue weighted by Crippen LogP contribution is 2.30. The summed E-state index contributed by atoms with van der Waals surface area (Å²) in [6.07, 6.45) is 0.807. The first-order valence-corrected chi connectivity index (χ1v) is 6.15. The highest BCUT2D eigenvalue weighted by atomic mass is 16.3. The number of rotatable bonds is 3. The molecule has 0 aliphatic rings. The van der Waals surface area contributed by atoms with Crippen molar-refractivity contribution < 1.29 is 9.90 Å². The van der Waals surface area contributed by atoms with Crippen LogP contribution in [0.25, 0.3) is 10.8 Å². The Morgan fingerprint density at radius 3 is 2.56 bits per heavy atom. The molecule has 0 aliphatic heterocycles. The van der Waals surface area contributed by atoms with E-state index in [0.717, 1.165) is 22.9 Å². The summed E-state index contributed by atoms with van der Waals surface area (Å²) in [6.45, 7) is 3.89. The van der Waals surface area contributed by atoms with Crippen molar-refractivity contribution in [1.82, 2.24) is 0 Å². The van der Waals surface area contributed by atoms with E-state index in [1.807, 2.05) is 38.1 Å². The number of anilines is 1. The lowest BCUT2D eigenvalue weighted by Crippen LogP contribution is -2.19. The second-order valence-electron chi connectivity index (χ2n) is 4.48. The Morgan fingerprint density at radius 1 is 1.22 bits per heavy atom. The fraction of sp³-hybridized carbons (Fsp3) is 0.267. The predicted molar refractivity (Wildman–Crippen MR) is 73.7 cm³/mol. The predicted octanol–water partition coefficient (Wildman–Crippen LogP) is 3.53. The van der Waals surface area contributed by atoms with Gasteiger partial charge in [0.1, 0.15) is 5.75 Å². The molecule has 2 N–H and O–H groups in total. The highest BCUT2D eigenvalue weighted by Gasteiger charge is 2.12. The Hall–Kier alpha value is -2.03. The van der Waals surface area contributed by atoms with Gasteiger partial charge in [-0.1, -0.05) is 38.1 Å². The number of nitrogens with one attached hydrogen (secondary N) is 1. The molecule has 0 aliphatic carbocycles. The first-order valence-electron chi connectivity index (χ1n) is 6.15. The third kappa shape index (κ3) is 2.30. The molecule has 94 valence electrons. The van der Waals surface area contributed by atoms with Gasteiger partial charge in [0.15, 0.2) is 0 Å². The third-order valence-electron chi connectivity index (χ3n) is 3.22. The lowest BCUT2D eigenvalue weighted by atomic mass is 10.1. The number of hydrogen-bond acceptors (Lipinski definition) is 2. The van der Waals surface area contributed by atoms with Gasteiger partial charge in [0, 0.05) is 22.4 Å². The molecule has 2 aromatic carbocycles. The maximum atomic E-state index is 11.9. The molecule has 0 heterocycles. The second kappa shape index (κ2) is 5.08. The molecule has 0 saturated heterocycles. The van der Waals surface area contributed by atoms with Gasteiger partial charge in [0.05, 0.1) is 0 Å². The zero-order valence-corrected chi connectivity index (χ0v) is 10.6. The van der Waals surface area contributed by atoms with E-state index in [-0.39, 0.29) is 17.6 Å². The monoisotopic (exact) mass is 243 g/mol. The van der Waals surface area contributed by atoms with E-state index >= 15 is 0 Å². The van der Waals surface area contributed by atoms with Gasteiger partial charge in [0.25, 0.3) is 0 Å². The maximum absolute atomic E-state index is 11.9. The minimum absolute atomic E-state index is 0.00772. The number of carbonyl (C=O) groups is 1. The van der Waals surface area contributed by atoms with Gasteiger partial charge in [-0.05, 0) is 18.6 Å². The van der Waals surface area contributed by atoms with Crippen LogP contribution in [-0.2, 0) is 4.79 Å². The van der Waals surface area contributed by atoms with Crippen LogP contribution in [0.2, 0.25) is 0 Å². The Labute approximate surface area is 106 Å². The topological polar surface area (TPSA) is 49.3 Å². The van der Waals surface area contributed by atoms with Crippen LogP contribution in [0.1, 0.15) is 20.3 Å². The summed E-state index contributed by atoms with van der Waals surface area (Å²) in [6, 6.07) is 10.8. The summed E-state index contributed by atoms with van der Waals surface area (Å²) in [5.74, 6) is 0.220. The molecule has 2 rings (SSSR count). The van der Waals surface area contributed by atoms with Crippen molar-refractivity contribution in [2.75, 3.05) is 5.32 Å². The summed E-state index contributed by atoms with van der Waals surface area (Å²) >= 11 is 0. The van der Waals surface area contributed by atoms with E-state index in [9.17, 15) is 9.90 Å². The van der Waals surface area contributed by atoms with Crippen molar-refractivity contribution >= 4 is 22.4 Å². The number of carbonyl (C=O) groups excluding carboxylic acids is 1. The van der Waals surface area contributed by atoms with Crippen LogP contribution in [0.3, 0.4) is 0 Å². The summed E-state index contributed by atoms with van der Waals surface area (Å²) < 4.78 is 0. The van der Waals surface area contributed by atoms with Gasteiger partial charge < -0.3 is 10.4 Å². The van der Waals surface area contributed by atoms with Crippen LogP contribution in [0.4, 0.5) is 5.69 Å². The standard InChI is InChI=1S/C15H17NO2/c1-3-10(2)15(18)16-13-8-9-14(17)12-7-5-4-6-11(12)13/h4-10,17H,3H2,1-2H3,(H,16,18). The summed E-state index contributed by atoms with van der Waals surface area (Å²) in [4.78, 5) is 11.9. The summed E-state index contributed by atoms with van der Waals surface area (Å²) in [7, 11) is 0. The Balaban J connectivity index is 2.40. The summed E-state index contributed by atoms with van der Waals surface area (Å²) in [5.41, 5.74) is 0.744. The molecule has 0 radical (unpaired) electrons. The highest BCUT2D eigenvalue weighted by molar-refractivity contribution is 6.04. The van der Waals surface area contributed by atoms with E-state index in [0.29, 0.717) is 0 Å². The van der Waals surface area contributed by atoms with E-state index in [1.165, 1.54) is 0 Å².